The fourth-order valence-corrected chi connectivity index (χ4v) is 3.95. The zero-order chi connectivity index (χ0) is 14.4. The molecule has 1 fully saturated rings. The Morgan fingerprint density at radius 3 is 2.70 bits per heavy atom. The van der Waals surface area contributed by atoms with Crippen LogP contribution in [-0.4, -0.2) is 21.9 Å². The van der Waals surface area contributed by atoms with E-state index in [1.165, 1.54) is 32.1 Å². The van der Waals surface area contributed by atoms with Gasteiger partial charge in [-0.1, -0.05) is 38.3 Å². The average Bonchev–Trinajstić information content (AvgIpc) is 2.92. The summed E-state index contributed by atoms with van der Waals surface area (Å²) in [6.45, 7) is 4.97. The first-order chi connectivity index (χ1) is 9.69. The Labute approximate surface area is 126 Å². The van der Waals surface area contributed by atoms with Crippen molar-refractivity contribution in [2.75, 3.05) is 6.54 Å². The van der Waals surface area contributed by atoms with Crippen molar-refractivity contribution in [1.29, 1.82) is 0 Å². The maximum atomic E-state index is 5.82. The lowest BCUT2D eigenvalue weighted by Crippen LogP contribution is -2.15. The van der Waals surface area contributed by atoms with E-state index in [4.69, 9.17) is 10.3 Å². The van der Waals surface area contributed by atoms with E-state index in [9.17, 15) is 0 Å². The normalized spacial score (nSPS) is 18.6. The molecule has 0 aliphatic heterocycles. The first kappa shape index (κ1) is 15.8. The van der Waals surface area contributed by atoms with Crippen molar-refractivity contribution in [2.24, 2.45) is 11.7 Å². The predicted octanol–water partition coefficient (Wildman–Crippen LogP) is 3.72. The van der Waals surface area contributed by atoms with Gasteiger partial charge < -0.3 is 10.3 Å². The Balaban J connectivity index is 1.84. The van der Waals surface area contributed by atoms with Crippen LogP contribution in [0.2, 0.25) is 0 Å². The van der Waals surface area contributed by atoms with Crippen LogP contribution in [0, 0.1) is 5.92 Å². The summed E-state index contributed by atoms with van der Waals surface area (Å²) >= 11 is 1.98. The van der Waals surface area contributed by atoms with Gasteiger partial charge in [0.15, 0.2) is 5.82 Å². The molecule has 4 nitrogen and oxygen atoms in total. The maximum absolute atomic E-state index is 5.82. The van der Waals surface area contributed by atoms with Gasteiger partial charge in [0.05, 0.1) is 11.7 Å². The van der Waals surface area contributed by atoms with E-state index in [1.54, 1.807) is 0 Å². The third kappa shape index (κ3) is 4.77. The Kier molecular flexibility index (Phi) is 6.36. The second-order valence-electron chi connectivity index (χ2n) is 6.18. The minimum absolute atomic E-state index is 0.205. The fourth-order valence-electron chi connectivity index (χ4n) is 2.78. The van der Waals surface area contributed by atoms with E-state index in [0.717, 1.165) is 29.1 Å². The summed E-state index contributed by atoms with van der Waals surface area (Å²) in [5.74, 6) is 3.22. The Bertz CT molecular complexity index is 388. The summed E-state index contributed by atoms with van der Waals surface area (Å²) in [6.07, 6.45) is 7.84. The monoisotopic (exact) mass is 297 g/mol. The van der Waals surface area contributed by atoms with Crippen LogP contribution in [-0.2, 0) is 5.75 Å². The molecule has 5 heteroatoms. The molecular formula is C15H27N3OS. The van der Waals surface area contributed by atoms with Gasteiger partial charge in [0.1, 0.15) is 0 Å². The van der Waals surface area contributed by atoms with Crippen LogP contribution < -0.4 is 5.73 Å². The van der Waals surface area contributed by atoms with E-state index in [2.05, 4.69) is 24.0 Å². The van der Waals surface area contributed by atoms with Crippen LogP contribution in [0.4, 0.5) is 0 Å². The quantitative estimate of drug-likeness (QED) is 0.831. The lowest BCUT2D eigenvalue weighted by atomic mass is 9.97. The minimum atomic E-state index is 0.205. The van der Waals surface area contributed by atoms with Gasteiger partial charge in [-0.2, -0.15) is 16.7 Å². The first-order valence-electron chi connectivity index (χ1n) is 7.83. The number of nitrogens with two attached hydrogens (primary N) is 1. The standard InChI is InChI=1S/C15H27N3OS/c1-11(2)8-12(9-16)15-17-14(18-19-15)10-20-13-6-4-3-5-7-13/h11-13H,3-10,16H2,1-2H3. The number of aromatic nitrogens is 2. The second kappa shape index (κ2) is 8.03. The molecule has 0 spiro atoms. The highest BCUT2D eigenvalue weighted by atomic mass is 32.2. The summed E-state index contributed by atoms with van der Waals surface area (Å²) in [7, 11) is 0. The van der Waals surface area contributed by atoms with E-state index < -0.39 is 0 Å². The van der Waals surface area contributed by atoms with E-state index >= 15 is 0 Å². The zero-order valence-corrected chi connectivity index (χ0v) is 13.5. The zero-order valence-electron chi connectivity index (χ0n) is 12.7. The minimum Gasteiger partial charge on any atom is -0.339 e. The van der Waals surface area contributed by atoms with Crippen molar-refractivity contribution in [3.63, 3.8) is 0 Å². The van der Waals surface area contributed by atoms with Crippen molar-refractivity contribution in [3.05, 3.63) is 11.7 Å². The van der Waals surface area contributed by atoms with Gasteiger partial charge in [-0.3, -0.25) is 0 Å². The van der Waals surface area contributed by atoms with Crippen LogP contribution in [0.5, 0.6) is 0 Å². The topological polar surface area (TPSA) is 64.9 Å². The highest BCUT2D eigenvalue weighted by Crippen LogP contribution is 2.30. The van der Waals surface area contributed by atoms with Gasteiger partial charge in [-0.05, 0) is 25.2 Å². The van der Waals surface area contributed by atoms with Crippen LogP contribution in [0.3, 0.4) is 0 Å². The van der Waals surface area contributed by atoms with Gasteiger partial charge in [-0.15, -0.1) is 0 Å². The van der Waals surface area contributed by atoms with Gasteiger partial charge in [-0.25, -0.2) is 0 Å². The number of thioether (sulfide) groups is 1. The van der Waals surface area contributed by atoms with Crippen molar-refractivity contribution in [2.45, 2.75) is 69.3 Å². The van der Waals surface area contributed by atoms with Crippen molar-refractivity contribution >= 4 is 11.8 Å². The molecule has 1 atom stereocenters. The molecule has 2 rings (SSSR count). The molecule has 1 heterocycles. The number of hydrogen-bond donors (Lipinski definition) is 1. The molecule has 20 heavy (non-hydrogen) atoms. The van der Waals surface area contributed by atoms with Gasteiger partial charge in [0.25, 0.3) is 0 Å². The van der Waals surface area contributed by atoms with Crippen molar-refractivity contribution in [1.82, 2.24) is 10.1 Å². The van der Waals surface area contributed by atoms with Crippen LogP contribution in [0.1, 0.15) is 70.0 Å². The van der Waals surface area contributed by atoms with Gasteiger partial charge >= 0.3 is 0 Å². The smallest absolute Gasteiger partial charge is 0.231 e. The van der Waals surface area contributed by atoms with Crippen molar-refractivity contribution in [3.8, 4) is 0 Å². The molecule has 114 valence electrons. The lowest BCUT2D eigenvalue weighted by molar-refractivity contribution is 0.332. The second-order valence-corrected chi connectivity index (χ2v) is 7.47. The SMILES string of the molecule is CC(C)CC(CN)c1nc(CSC2CCCCC2)no1. The maximum Gasteiger partial charge on any atom is 0.231 e. The molecular weight excluding hydrogens is 270 g/mol. The highest BCUT2D eigenvalue weighted by molar-refractivity contribution is 7.99. The summed E-state index contributed by atoms with van der Waals surface area (Å²) in [4.78, 5) is 4.54. The van der Waals surface area contributed by atoms with Crippen LogP contribution in [0.25, 0.3) is 0 Å². The van der Waals surface area contributed by atoms with Crippen molar-refractivity contribution < 1.29 is 4.52 Å². The van der Waals surface area contributed by atoms with E-state index in [1.807, 2.05) is 11.8 Å². The van der Waals surface area contributed by atoms with Crippen LogP contribution in [0.15, 0.2) is 4.52 Å². The fraction of sp³-hybridized carbons (Fsp3) is 0.867. The Hall–Kier alpha value is -0.550. The van der Waals surface area contributed by atoms with E-state index in [-0.39, 0.29) is 5.92 Å². The molecule has 0 amide bonds. The first-order valence-corrected chi connectivity index (χ1v) is 8.88. The summed E-state index contributed by atoms with van der Waals surface area (Å²) in [5.41, 5.74) is 5.82. The third-order valence-corrected chi connectivity index (χ3v) is 5.24. The molecule has 0 bridgehead atoms. The molecule has 0 saturated heterocycles. The largest absolute Gasteiger partial charge is 0.339 e. The molecule has 1 aliphatic carbocycles. The number of hydrogen-bond acceptors (Lipinski definition) is 5. The third-order valence-electron chi connectivity index (χ3n) is 3.87. The summed E-state index contributed by atoms with van der Waals surface area (Å²) in [5, 5.41) is 4.90. The molecule has 0 radical (unpaired) electrons. The van der Waals surface area contributed by atoms with Gasteiger partial charge in [0.2, 0.25) is 5.89 Å². The summed E-state index contributed by atoms with van der Waals surface area (Å²) in [6, 6.07) is 0. The Morgan fingerprint density at radius 2 is 2.05 bits per heavy atom. The molecule has 1 aromatic heterocycles. The average molecular weight is 297 g/mol. The Morgan fingerprint density at radius 1 is 1.30 bits per heavy atom. The molecule has 1 aromatic rings. The number of nitrogens with zero attached hydrogens (tertiary/aromatic N) is 2. The van der Waals surface area contributed by atoms with E-state index in [0.29, 0.717) is 12.5 Å². The molecule has 1 saturated carbocycles. The van der Waals surface area contributed by atoms with Crippen LogP contribution >= 0.6 is 11.8 Å². The number of rotatable bonds is 7. The lowest BCUT2D eigenvalue weighted by Gasteiger charge is -2.20. The molecule has 1 unspecified atom stereocenters. The van der Waals surface area contributed by atoms with Gasteiger partial charge in [0, 0.05) is 11.8 Å². The molecule has 2 N–H and O–H groups in total. The predicted molar refractivity (Wildman–Crippen MR) is 83.7 cm³/mol. The summed E-state index contributed by atoms with van der Waals surface area (Å²) < 4.78 is 5.40. The highest BCUT2D eigenvalue weighted by Gasteiger charge is 2.20. The molecule has 1 aliphatic rings. The molecule has 0 aromatic carbocycles.